The second kappa shape index (κ2) is 7.77. The minimum Gasteiger partial charge on any atom is -0.324 e. The maximum absolute atomic E-state index is 14.0. The number of amides is 1. The highest BCUT2D eigenvalue weighted by molar-refractivity contribution is 9.10. The van der Waals surface area contributed by atoms with E-state index in [1.165, 1.54) is 0 Å². The molecule has 0 saturated carbocycles. The number of ketones is 1. The smallest absolute Gasteiger partial charge is 0.245 e. The van der Waals surface area contributed by atoms with Crippen LogP contribution in [-0.4, -0.2) is 21.2 Å². The van der Waals surface area contributed by atoms with Gasteiger partial charge in [0, 0.05) is 52.0 Å². The van der Waals surface area contributed by atoms with Crippen LogP contribution in [0.1, 0.15) is 32.3 Å². The highest BCUT2D eigenvalue weighted by Crippen LogP contribution is 2.58. The third kappa shape index (κ3) is 2.99. The summed E-state index contributed by atoms with van der Waals surface area (Å²) in [5.74, 6) is 0.547. The number of para-hydroxylation sites is 1. The predicted molar refractivity (Wildman–Crippen MR) is 139 cm³/mol. The van der Waals surface area contributed by atoms with Gasteiger partial charge in [-0.15, -0.1) is 0 Å². The molecule has 3 aromatic rings. The Labute approximate surface area is 216 Å². The van der Waals surface area contributed by atoms with Gasteiger partial charge in [-0.1, -0.05) is 32.0 Å². The summed E-state index contributed by atoms with van der Waals surface area (Å²) in [6.07, 6.45) is 6.18. The van der Waals surface area contributed by atoms with Crippen molar-refractivity contribution in [2.75, 3.05) is 10.2 Å². The van der Waals surface area contributed by atoms with Gasteiger partial charge in [-0.05, 0) is 58.1 Å². The minimum absolute atomic E-state index is 0.130. The van der Waals surface area contributed by atoms with Crippen LogP contribution in [0, 0.1) is 16.7 Å². The average Bonchev–Trinajstić information content (AvgIpc) is 3.46. The molecule has 3 aliphatic rings. The Hall–Kier alpha value is -3.96. The first-order valence-corrected chi connectivity index (χ1v) is 12.4. The summed E-state index contributed by atoms with van der Waals surface area (Å²) in [6, 6.07) is 17.1. The van der Waals surface area contributed by atoms with Crippen molar-refractivity contribution in [2.24, 2.45) is 5.41 Å². The summed E-state index contributed by atoms with van der Waals surface area (Å²) in [6.45, 7) is 4.10. The molecule has 0 fully saturated rings. The molecule has 1 unspecified atom stereocenters. The molecule has 1 atom stereocenters. The number of benzene rings is 1. The zero-order valence-electron chi connectivity index (χ0n) is 19.7. The predicted octanol–water partition coefficient (Wildman–Crippen LogP) is 5.39. The van der Waals surface area contributed by atoms with E-state index >= 15 is 0 Å². The lowest BCUT2D eigenvalue weighted by Gasteiger charge is -2.47. The van der Waals surface area contributed by atoms with Crippen LogP contribution >= 0.6 is 15.9 Å². The number of hydrogen-bond acceptors (Lipinski definition) is 5. The van der Waals surface area contributed by atoms with E-state index in [9.17, 15) is 14.9 Å². The van der Waals surface area contributed by atoms with Crippen LogP contribution in [0.15, 0.2) is 88.4 Å². The van der Waals surface area contributed by atoms with Crippen molar-refractivity contribution < 1.29 is 9.59 Å². The third-order valence-corrected chi connectivity index (χ3v) is 7.60. The number of pyridine rings is 1. The summed E-state index contributed by atoms with van der Waals surface area (Å²) in [7, 11) is 0. The van der Waals surface area contributed by atoms with Crippen LogP contribution in [0.25, 0.3) is 5.82 Å². The van der Waals surface area contributed by atoms with Crippen molar-refractivity contribution in [1.29, 1.82) is 5.26 Å². The van der Waals surface area contributed by atoms with Crippen LogP contribution < -0.4 is 10.2 Å². The van der Waals surface area contributed by atoms with Gasteiger partial charge in [0.2, 0.25) is 5.91 Å². The number of halogens is 1. The maximum atomic E-state index is 14.0. The molecule has 2 aliphatic heterocycles. The Balaban J connectivity index is 1.79. The summed E-state index contributed by atoms with van der Waals surface area (Å²) in [5.41, 5.74) is 0.604. The maximum Gasteiger partial charge on any atom is 0.245 e. The number of nitrogens with one attached hydrogen (secondary N) is 1. The first-order valence-electron chi connectivity index (χ1n) is 11.7. The van der Waals surface area contributed by atoms with Crippen LogP contribution in [0.3, 0.4) is 0 Å². The fourth-order valence-electron chi connectivity index (χ4n) is 5.79. The Morgan fingerprint density at radius 1 is 1.06 bits per heavy atom. The molecule has 0 radical (unpaired) electrons. The van der Waals surface area contributed by atoms with Crippen molar-refractivity contribution in [1.82, 2.24) is 9.55 Å². The molecule has 4 heterocycles. The number of Topliss-reactive ketones (excluding diaryl/α,β-unsaturated/α-hetero) is 1. The number of anilines is 2. The lowest BCUT2D eigenvalue weighted by Crippen LogP contribution is -2.51. The molecule has 36 heavy (non-hydrogen) atoms. The molecule has 0 bridgehead atoms. The number of rotatable bonds is 2. The topological polar surface area (TPSA) is 91.0 Å². The van der Waals surface area contributed by atoms with E-state index in [2.05, 4.69) is 46.1 Å². The van der Waals surface area contributed by atoms with Gasteiger partial charge in [-0.2, -0.15) is 5.26 Å². The molecule has 1 amide bonds. The largest absolute Gasteiger partial charge is 0.324 e. The van der Waals surface area contributed by atoms with Gasteiger partial charge in [-0.25, -0.2) is 4.98 Å². The molecular formula is C28H22BrN5O2. The Kier molecular flexibility index (Phi) is 4.86. The normalized spacial score (nSPS) is 22.4. The number of nitriles is 1. The lowest BCUT2D eigenvalue weighted by atomic mass is 9.60. The summed E-state index contributed by atoms with van der Waals surface area (Å²) in [5, 5.41) is 13.7. The molecule has 2 aromatic heterocycles. The van der Waals surface area contributed by atoms with Crippen LogP contribution in [0.4, 0.5) is 11.5 Å². The average molecular weight is 540 g/mol. The number of carbonyl (C=O) groups is 2. The Bertz CT molecular complexity index is 1540. The van der Waals surface area contributed by atoms with E-state index in [0.29, 0.717) is 40.6 Å². The van der Waals surface area contributed by atoms with Gasteiger partial charge >= 0.3 is 0 Å². The SMILES string of the molecule is CC1(C)CC(=O)C2=C(C1)N(c1ccc(Br)cn1)C(n1cccc1)=C(C#N)C21C(=O)Nc2ccccc21. The van der Waals surface area contributed by atoms with Crippen molar-refractivity contribution in [3.63, 3.8) is 0 Å². The van der Waals surface area contributed by atoms with E-state index in [0.717, 1.165) is 4.47 Å². The number of aromatic nitrogens is 2. The molecule has 8 heteroatoms. The summed E-state index contributed by atoms with van der Waals surface area (Å²) in [4.78, 5) is 34.6. The molecule has 0 saturated heterocycles. The molecule has 1 aromatic carbocycles. The molecule has 7 nitrogen and oxygen atoms in total. The fraction of sp³-hybridized carbons (Fsp3) is 0.214. The third-order valence-electron chi connectivity index (χ3n) is 7.13. The van der Waals surface area contributed by atoms with Gasteiger partial charge in [-0.3, -0.25) is 14.5 Å². The van der Waals surface area contributed by atoms with Gasteiger partial charge in [0.05, 0.1) is 5.57 Å². The van der Waals surface area contributed by atoms with Gasteiger partial charge < -0.3 is 9.88 Å². The second-order valence-corrected chi connectivity index (χ2v) is 11.0. The van der Waals surface area contributed by atoms with Crippen LogP contribution in [-0.2, 0) is 15.0 Å². The standard InChI is InChI=1S/C28H22BrN5O2/c1-27(2)13-21-24(22(35)14-27)28(18-7-3-4-8-20(18)32-26(28)36)19(15-30)25(33-11-5-6-12-33)34(21)23-10-9-17(29)16-31-23/h3-12,16H,13-14H2,1-2H3,(H,32,36). The Morgan fingerprint density at radius 2 is 1.81 bits per heavy atom. The first kappa shape index (κ1) is 22.5. The fourth-order valence-corrected chi connectivity index (χ4v) is 6.03. The van der Waals surface area contributed by atoms with Crippen LogP contribution in [0.5, 0.6) is 0 Å². The van der Waals surface area contributed by atoms with Crippen molar-refractivity contribution in [2.45, 2.75) is 32.1 Å². The molecular weight excluding hydrogens is 518 g/mol. The number of nitrogens with zero attached hydrogens (tertiary/aromatic N) is 4. The Morgan fingerprint density at radius 3 is 2.50 bits per heavy atom. The lowest BCUT2D eigenvalue weighted by molar-refractivity contribution is -0.123. The molecule has 1 spiro atoms. The zero-order valence-corrected chi connectivity index (χ0v) is 21.3. The van der Waals surface area contributed by atoms with Gasteiger partial charge in [0.15, 0.2) is 5.78 Å². The van der Waals surface area contributed by atoms with E-state index < -0.39 is 5.41 Å². The molecule has 1 aliphatic carbocycles. The first-order chi connectivity index (χ1) is 17.3. The monoisotopic (exact) mass is 539 g/mol. The van der Waals surface area contributed by atoms with E-state index in [4.69, 9.17) is 0 Å². The van der Waals surface area contributed by atoms with E-state index in [-0.39, 0.29) is 29.1 Å². The second-order valence-electron chi connectivity index (χ2n) is 10.1. The number of allylic oxidation sites excluding steroid dienone is 1. The van der Waals surface area contributed by atoms with Crippen molar-refractivity contribution in [3.05, 3.63) is 94.0 Å². The number of fused-ring (bicyclic) bond motifs is 3. The molecule has 178 valence electrons. The summed E-state index contributed by atoms with van der Waals surface area (Å²) >= 11 is 3.45. The van der Waals surface area contributed by atoms with Gasteiger partial charge in [0.1, 0.15) is 23.1 Å². The highest BCUT2D eigenvalue weighted by Gasteiger charge is 2.61. The van der Waals surface area contributed by atoms with Crippen molar-refractivity contribution in [3.8, 4) is 6.07 Å². The number of hydrogen-bond donors (Lipinski definition) is 1. The quantitative estimate of drug-likeness (QED) is 0.471. The van der Waals surface area contributed by atoms with Crippen LogP contribution in [0.2, 0.25) is 0 Å². The minimum atomic E-state index is -1.54. The molecule has 6 rings (SSSR count). The van der Waals surface area contributed by atoms with E-state index in [1.807, 2.05) is 70.4 Å². The number of carbonyl (C=O) groups excluding carboxylic acids is 2. The van der Waals surface area contributed by atoms with E-state index in [1.54, 1.807) is 6.20 Å². The van der Waals surface area contributed by atoms with Crippen molar-refractivity contribution >= 4 is 44.9 Å². The molecule has 1 N–H and O–H groups in total. The highest BCUT2D eigenvalue weighted by atomic mass is 79.9. The zero-order chi connectivity index (χ0) is 25.2. The van der Waals surface area contributed by atoms with Gasteiger partial charge in [0.25, 0.3) is 0 Å². The summed E-state index contributed by atoms with van der Waals surface area (Å²) < 4.78 is 2.64.